The van der Waals surface area contributed by atoms with Crippen LogP contribution in [0, 0.1) is 0 Å². The number of hydrogen-bond donors (Lipinski definition) is 0. The second-order valence-corrected chi connectivity index (χ2v) is 5.46. The van der Waals surface area contributed by atoms with Gasteiger partial charge >= 0.3 is 5.63 Å². The topological polar surface area (TPSA) is 87.6 Å². The van der Waals surface area contributed by atoms with Gasteiger partial charge in [0.05, 0.1) is 19.8 Å². The molecule has 2 aromatic heterocycles. The van der Waals surface area contributed by atoms with Crippen LogP contribution >= 0.6 is 0 Å². The molecule has 2 heterocycles. The maximum atomic E-state index is 12.3. The highest BCUT2D eigenvalue weighted by atomic mass is 16.5. The first kappa shape index (κ1) is 15.9. The van der Waals surface area contributed by atoms with E-state index in [1.165, 1.54) is 0 Å². The van der Waals surface area contributed by atoms with E-state index in [0.717, 1.165) is 0 Å². The van der Waals surface area contributed by atoms with Crippen molar-refractivity contribution in [1.29, 1.82) is 0 Å². The Morgan fingerprint density at radius 3 is 2.38 bits per heavy atom. The zero-order valence-electron chi connectivity index (χ0n) is 14.1. The molecule has 0 fully saturated rings. The Kier molecular flexibility index (Phi) is 3.89. The molecule has 7 nitrogen and oxygen atoms in total. The minimum absolute atomic E-state index is 0.0735. The highest BCUT2D eigenvalue weighted by molar-refractivity contribution is 5.81. The van der Waals surface area contributed by atoms with Gasteiger partial charge in [-0.1, -0.05) is 12.1 Å². The van der Waals surface area contributed by atoms with Crippen molar-refractivity contribution in [2.24, 2.45) is 0 Å². The number of methoxy groups -OCH3 is 2. The van der Waals surface area contributed by atoms with Crippen molar-refractivity contribution in [2.75, 3.05) is 14.2 Å². The van der Waals surface area contributed by atoms with Gasteiger partial charge < -0.3 is 18.3 Å². The van der Waals surface area contributed by atoms with Crippen LogP contribution in [0.25, 0.3) is 33.9 Å². The van der Waals surface area contributed by atoms with Gasteiger partial charge in [0.1, 0.15) is 22.6 Å². The van der Waals surface area contributed by atoms with Crippen LogP contribution in [0.5, 0.6) is 11.5 Å². The SMILES string of the molecule is COc1ccc2oc(=O)c(-c3nnc(-c4ccccc4OC)o3)cc2c1. The van der Waals surface area contributed by atoms with E-state index in [2.05, 4.69) is 10.2 Å². The Balaban J connectivity index is 1.82. The minimum atomic E-state index is -0.558. The van der Waals surface area contributed by atoms with E-state index in [1.807, 2.05) is 12.1 Å². The first-order chi connectivity index (χ1) is 12.7. The zero-order valence-corrected chi connectivity index (χ0v) is 14.1. The lowest BCUT2D eigenvalue weighted by atomic mass is 10.2. The van der Waals surface area contributed by atoms with E-state index in [1.54, 1.807) is 50.6 Å². The summed E-state index contributed by atoms with van der Waals surface area (Å²) in [5.74, 6) is 1.57. The van der Waals surface area contributed by atoms with Crippen LogP contribution in [-0.2, 0) is 0 Å². The van der Waals surface area contributed by atoms with Gasteiger partial charge in [-0.3, -0.25) is 0 Å². The van der Waals surface area contributed by atoms with Crippen molar-refractivity contribution >= 4 is 11.0 Å². The summed E-state index contributed by atoms with van der Waals surface area (Å²) < 4.78 is 21.5. The third kappa shape index (κ3) is 2.69. The summed E-state index contributed by atoms with van der Waals surface area (Å²) in [6.07, 6.45) is 0. The second-order valence-electron chi connectivity index (χ2n) is 5.46. The van der Waals surface area contributed by atoms with Gasteiger partial charge in [0, 0.05) is 5.39 Å². The smallest absolute Gasteiger partial charge is 0.349 e. The molecule has 0 aliphatic rings. The summed E-state index contributed by atoms with van der Waals surface area (Å²) in [7, 11) is 3.13. The van der Waals surface area contributed by atoms with Crippen molar-refractivity contribution in [3.05, 3.63) is 59.0 Å². The molecule has 4 rings (SSSR count). The Morgan fingerprint density at radius 1 is 0.846 bits per heavy atom. The molecule has 0 saturated heterocycles. The third-order valence-corrected chi connectivity index (χ3v) is 3.93. The lowest BCUT2D eigenvalue weighted by molar-refractivity contribution is 0.414. The molecule has 0 aliphatic carbocycles. The summed E-state index contributed by atoms with van der Waals surface area (Å²) in [6, 6.07) is 14.1. The maximum Gasteiger partial charge on any atom is 0.349 e. The van der Waals surface area contributed by atoms with Gasteiger partial charge in [0.2, 0.25) is 0 Å². The number of nitrogens with zero attached hydrogens (tertiary/aromatic N) is 2. The number of benzene rings is 2. The molecule has 0 bridgehead atoms. The van der Waals surface area contributed by atoms with Crippen molar-refractivity contribution in [3.63, 3.8) is 0 Å². The predicted molar refractivity (Wildman–Crippen MR) is 94.3 cm³/mol. The first-order valence-corrected chi connectivity index (χ1v) is 7.79. The average molecular weight is 350 g/mol. The molecule has 7 heteroatoms. The lowest BCUT2D eigenvalue weighted by Gasteiger charge is -2.03. The average Bonchev–Trinajstić information content (AvgIpc) is 3.16. The summed E-state index contributed by atoms with van der Waals surface area (Å²) >= 11 is 0. The Hall–Kier alpha value is -3.61. The number of ether oxygens (including phenoxy) is 2. The summed E-state index contributed by atoms with van der Waals surface area (Å²) in [4.78, 5) is 12.3. The highest BCUT2D eigenvalue weighted by Crippen LogP contribution is 2.31. The Bertz CT molecular complexity index is 1150. The van der Waals surface area contributed by atoms with Crippen LogP contribution in [-0.4, -0.2) is 24.4 Å². The van der Waals surface area contributed by atoms with Gasteiger partial charge in [0.25, 0.3) is 11.8 Å². The molecule has 4 aromatic rings. The fourth-order valence-corrected chi connectivity index (χ4v) is 2.64. The zero-order chi connectivity index (χ0) is 18.1. The normalized spacial score (nSPS) is 10.8. The molecule has 0 aliphatic heterocycles. The molecule has 0 spiro atoms. The van der Waals surface area contributed by atoms with Crippen LogP contribution in [0.2, 0.25) is 0 Å². The van der Waals surface area contributed by atoms with Crippen LogP contribution in [0.4, 0.5) is 0 Å². The number of para-hydroxylation sites is 1. The fourth-order valence-electron chi connectivity index (χ4n) is 2.64. The van der Waals surface area contributed by atoms with E-state index >= 15 is 0 Å². The molecule has 2 aromatic carbocycles. The van der Waals surface area contributed by atoms with Gasteiger partial charge in [-0.2, -0.15) is 0 Å². The van der Waals surface area contributed by atoms with Crippen molar-refractivity contribution in [3.8, 4) is 34.4 Å². The standard InChI is InChI=1S/C19H14N2O5/c1-23-12-7-8-15-11(9-12)10-14(19(22)25-15)18-21-20-17(26-18)13-5-3-4-6-16(13)24-2/h3-10H,1-2H3. The van der Waals surface area contributed by atoms with Gasteiger partial charge in [-0.15, -0.1) is 10.2 Å². The monoisotopic (exact) mass is 350 g/mol. The van der Waals surface area contributed by atoms with Crippen LogP contribution in [0.3, 0.4) is 0 Å². The summed E-state index contributed by atoms with van der Waals surface area (Å²) in [5, 5.41) is 8.70. The number of fused-ring (bicyclic) bond motifs is 1. The molecule has 0 saturated carbocycles. The molecule has 0 atom stereocenters. The maximum absolute atomic E-state index is 12.3. The predicted octanol–water partition coefficient (Wildman–Crippen LogP) is 3.53. The van der Waals surface area contributed by atoms with Crippen molar-refractivity contribution in [1.82, 2.24) is 10.2 Å². The molecule has 26 heavy (non-hydrogen) atoms. The largest absolute Gasteiger partial charge is 0.497 e. The van der Waals surface area contributed by atoms with E-state index < -0.39 is 5.63 Å². The quantitative estimate of drug-likeness (QED) is 0.520. The third-order valence-electron chi connectivity index (χ3n) is 3.93. The number of aromatic nitrogens is 2. The highest BCUT2D eigenvalue weighted by Gasteiger charge is 2.18. The lowest BCUT2D eigenvalue weighted by Crippen LogP contribution is -2.02. The van der Waals surface area contributed by atoms with Gasteiger partial charge in [-0.05, 0) is 36.4 Å². The Morgan fingerprint density at radius 2 is 1.62 bits per heavy atom. The number of hydrogen-bond acceptors (Lipinski definition) is 7. The molecule has 130 valence electrons. The van der Waals surface area contributed by atoms with E-state index in [9.17, 15) is 4.79 Å². The van der Waals surface area contributed by atoms with Crippen molar-refractivity contribution < 1.29 is 18.3 Å². The van der Waals surface area contributed by atoms with Crippen LogP contribution < -0.4 is 15.1 Å². The van der Waals surface area contributed by atoms with E-state index in [-0.39, 0.29) is 17.3 Å². The van der Waals surface area contributed by atoms with Crippen LogP contribution in [0.15, 0.2) is 62.2 Å². The summed E-state index contributed by atoms with van der Waals surface area (Å²) in [5.41, 5.74) is 0.710. The van der Waals surface area contributed by atoms with E-state index in [0.29, 0.717) is 28.0 Å². The minimum Gasteiger partial charge on any atom is -0.497 e. The van der Waals surface area contributed by atoms with E-state index in [4.69, 9.17) is 18.3 Å². The molecule has 0 amide bonds. The summed E-state index contributed by atoms with van der Waals surface area (Å²) in [6.45, 7) is 0. The Labute approximate surface area is 147 Å². The van der Waals surface area contributed by atoms with Crippen molar-refractivity contribution in [2.45, 2.75) is 0 Å². The second kappa shape index (κ2) is 6.36. The van der Waals surface area contributed by atoms with Gasteiger partial charge in [0.15, 0.2) is 0 Å². The molecular weight excluding hydrogens is 336 g/mol. The number of rotatable bonds is 4. The molecule has 0 radical (unpaired) electrons. The van der Waals surface area contributed by atoms with Gasteiger partial charge in [-0.25, -0.2) is 4.79 Å². The van der Waals surface area contributed by atoms with Crippen LogP contribution in [0.1, 0.15) is 0 Å². The first-order valence-electron chi connectivity index (χ1n) is 7.79. The molecule has 0 unspecified atom stereocenters. The molecular formula is C19H14N2O5. The molecule has 0 N–H and O–H groups in total. The fraction of sp³-hybridized carbons (Fsp3) is 0.105.